The Kier molecular flexibility index (Phi) is 7.60. The monoisotopic (exact) mass is 483 g/mol. The molecule has 0 bridgehead atoms. The SMILES string of the molecule is BrCc1ccc2ccccc2n1.c1ccc(P(c2ccccc2)c2ccccc2)cc1. The van der Waals surface area contributed by atoms with E-state index < -0.39 is 7.92 Å². The number of hydrogen-bond donors (Lipinski definition) is 0. The van der Waals surface area contributed by atoms with Crippen molar-refractivity contribution in [3.63, 3.8) is 0 Å². The average molecular weight is 484 g/mol. The van der Waals surface area contributed by atoms with Gasteiger partial charge in [-0.05, 0) is 36.0 Å². The smallest absolute Gasteiger partial charge is 0.0705 e. The van der Waals surface area contributed by atoms with Crippen molar-refractivity contribution in [1.29, 1.82) is 0 Å². The highest BCUT2D eigenvalue weighted by Crippen LogP contribution is 2.32. The van der Waals surface area contributed by atoms with Crippen molar-refractivity contribution in [3.8, 4) is 0 Å². The summed E-state index contributed by atoms with van der Waals surface area (Å²) in [6.07, 6.45) is 0. The second-order valence-electron chi connectivity index (χ2n) is 6.97. The topological polar surface area (TPSA) is 12.9 Å². The summed E-state index contributed by atoms with van der Waals surface area (Å²) >= 11 is 3.38. The molecule has 0 aliphatic heterocycles. The Bertz CT molecular complexity index is 1120. The van der Waals surface area contributed by atoms with Gasteiger partial charge in [0.1, 0.15) is 0 Å². The van der Waals surface area contributed by atoms with E-state index in [1.807, 2.05) is 24.3 Å². The first-order valence-corrected chi connectivity index (χ1v) is 12.7. The van der Waals surface area contributed by atoms with Crippen LogP contribution in [0.2, 0.25) is 0 Å². The number of hydrogen-bond acceptors (Lipinski definition) is 1. The molecule has 0 amide bonds. The molecule has 0 fully saturated rings. The van der Waals surface area contributed by atoms with E-state index in [4.69, 9.17) is 0 Å². The molecule has 0 saturated heterocycles. The molecule has 31 heavy (non-hydrogen) atoms. The normalized spacial score (nSPS) is 10.5. The van der Waals surface area contributed by atoms with Crippen LogP contribution in [-0.2, 0) is 5.33 Å². The minimum atomic E-state index is -0.446. The van der Waals surface area contributed by atoms with Crippen LogP contribution in [0.1, 0.15) is 5.69 Å². The number of fused-ring (bicyclic) bond motifs is 1. The molecule has 0 saturated carbocycles. The molecule has 3 heteroatoms. The maximum absolute atomic E-state index is 4.45. The van der Waals surface area contributed by atoms with E-state index in [0.717, 1.165) is 16.5 Å². The first-order chi connectivity index (χ1) is 15.3. The predicted molar refractivity (Wildman–Crippen MR) is 140 cm³/mol. The fourth-order valence-corrected chi connectivity index (χ4v) is 5.98. The van der Waals surface area contributed by atoms with Crippen molar-refractivity contribution >= 4 is 50.7 Å². The van der Waals surface area contributed by atoms with E-state index >= 15 is 0 Å². The molecule has 0 unspecified atom stereocenters. The number of pyridine rings is 1. The van der Waals surface area contributed by atoms with Gasteiger partial charge in [-0.15, -0.1) is 0 Å². The van der Waals surface area contributed by atoms with E-state index in [9.17, 15) is 0 Å². The molecule has 1 aromatic heterocycles. The van der Waals surface area contributed by atoms with E-state index in [-0.39, 0.29) is 0 Å². The van der Waals surface area contributed by atoms with Gasteiger partial charge in [-0.25, -0.2) is 0 Å². The number of halogens is 1. The summed E-state index contributed by atoms with van der Waals surface area (Å²) in [4.78, 5) is 4.45. The zero-order valence-electron chi connectivity index (χ0n) is 17.1. The summed E-state index contributed by atoms with van der Waals surface area (Å²) in [5.41, 5.74) is 2.14. The second kappa shape index (κ2) is 11.0. The van der Waals surface area contributed by atoms with Crippen LogP contribution >= 0.6 is 23.9 Å². The summed E-state index contributed by atoms with van der Waals surface area (Å²) in [5, 5.41) is 6.21. The van der Waals surface area contributed by atoms with Gasteiger partial charge in [0.2, 0.25) is 0 Å². The molecule has 5 rings (SSSR count). The fraction of sp³-hybridized carbons (Fsp3) is 0.0357. The Morgan fingerprint density at radius 2 is 0.968 bits per heavy atom. The molecular formula is C28H23BrNP. The first kappa shape index (κ1) is 21.4. The molecule has 5 aromatic rings. The minimum absolute atomic E-state index is 0.446. The molecule has 1 heterocycles. The third kappa shape index (κ3) is 5.67. The van der Waals surface area contributed by atoms with Gasteiger partial charge >= 0.3 is 0 Å². The zero-order valence-corrected chi connectivity index (χ0v) is 19.6. The van der Waals surface area contributed by atoms with Gasteiger partial charge in [-0.3, -0.25) is 4.98 Å². The minimum Gasteiger partial charge on any atom is -0.252 e. The number of para-hydroxylation sites is 1. The van der Waals surface area contributed by atoms with Crippen LogP contribution in [0.15, 0.2) is 127 Å². The lowest BCUT2D eigenvalue weighted by atomic mass is 10.2. The molecule has 0 aliphatic carbocycles. The van der Waals surface area contributed by atoms with Crippen LogP contribution < -0.4 is 15.9 Å². The Balaban J connectivity index is 0.000000166. The summed E-state index contributed by atoms with van der Waals surface area (Å²) in [5.74, 6) is 0. The number of rotatable bonds is 4. The Hall–Kier alpha value is -2.80. The maximum atomic E-state index is 4.45. The van der Waals surface area contributed by atoms with Crippen LogP contribution in [0.4, 0.5) is 0 Å². The molecule has 0 radical (unpaired) electrons. The molecule has 0 atom stereocenters. The highest BCUT2D eigenvalue weighted by atomic mass is 79.9. The van der Waals surface area contributed by atoms with Gasteiger partial charge in [0.05, 0.1) is 11.2 Å². The largest absolute Gasteiger partial charge is 0.252 e. The van der Waals surface area contributed by atoms with Crippen LogP contribution in [0.5, 0.6) is 0 Å². The molecule has 0 spiro atoms. The van der Waals surface area contributed by atoms with Gasteiger partial charge in [-0.2, -0.15) is 0 Å². The Labute approximate surface area is 193 Å². The molecule has 0 aliphatic rings. The molecule has 0 N–H and O–H groups in total. The second-order valence-corrected chi connectivity index (χ2v) is 9.75. The lowest BCUT2D eigenvalue weighted by molar-refractivity contribution is 1.24. The highest BCUT2D eigenvalue weighted by Gasteiger charge is 2.14. The number of nitrogens with zero attached hydrogens (tertiary/aromatic N) is 1. The van der Waals surface area contributed by atoms with E-state index in [1.54, 1.807) is 0 Å². The molecule has 1 nitrogen and oxygen atoms in total. The van der Waals surface area contributed by atoms with E-state index in [2.05, 4.69) is 124 Å². The van der Waals surface area contributed by atoms with Crippen LogP contribution in [0.25, 0.3) is 10.9 Å². The van der Waals surface area contributed by atoms with Gasteiger partial charge in [-0.1, -0.05) is 131 Å². The standard InChI is InChI=1S/C18H15P.C10H8BrN/c1-4-10-16(11-5-1)19(17-12-6-2-7-13-17)18-14-8-3-9-15-18;11-7-9-6-5-8-3-1-2-4-10(8)12-9/h1-15H;1-6H,7H2. The summed E-state index contributed by atoms with van der Waals surface area (Å²) < 4.78 is 0. The van der Waals surface area contributed by atoms with Gasteiger partial charge in [0.15, 0.2) is 0 Å². The quantitative estimate of drug-likeness (QED) is 0.208. The average Bonchev–Trinajstić information content (AvgIpc) is 2.86. The van der Waals surface area contributed by atoms with Crippen molar-refractivity contribution in [2.75, 3.05) is 0 Å². The number of alkyl halides is 1. The summed E-state index contributed by atoms with van der Waals surface area (Å²) in [6.45, 7) is 0. The number of benzene rings is 4. The highest BCUT2D eigenvalue weighted by molar-refractivity contribution is 9.08. The van der Waals surface area contributed by atoms with Crippen molar-refractivity contribution in [2.24, 2.45) is 0 Å². The third-order valence-electron chi connectivity index (χ3n) is 4.84. The predicted octanol–water partition coefficient (Wildman–Crippen LogP) is 6.57. The van der Waals surface area contributed by atoms with Crippen LogP contribution in [0.3, 0.4) is 0 Å². The van der Waals surface area contributed by atoms with Gasteiger partial charge in [0, 0.05) is 10.7 Å². The molecule has 152 valence electrons. The Morgan fingerprint density at radius 3 is 1.45 bits per heavy atom. The van der Waals surface area contributed by atoms with Gasteiger partial charge < -0.3 is 0 Å². The fourth-order valence-electron chi connectivity index (χ4n) is 3.36. The molecule has 4 aromatic carbocycles. The van der Waals surface area contributed by atoms with E-state index in [0.29, 0.717) is 0 Å². The zero-order chi connectivity index (χ0) is 21.3. The third-order valence-corrected chi connectivity index (χ3v) is 7.85. The van der Waals surface area contributed by atoms with Crippen LogP contribution in [0, 0.1) is 0 Å². The molecular weight excluding hydrogens is 461 g/mol. The van der Waals surface area contributed by atoms with Crippen molar-refractivity contribution in [3.05, 3.63) is 133 Å². The number of aromatic nitrogens is 1. The summed E-state index contributed by atoms with van der Waals surface area (Å²) in [7, 11) is -0.446. The van der Waals surface area contributed by atoms with Crippen molar-refractivity contribution < 1.29 is 0 Å². The summed E-state index contributed by atoms with van der Waals surface area (Å²) in [6, 6.07) is 44.6. The maximum Gasteiger partial charge on any atom is 0.0705 e. The first-order valence-electron chi connectivity index (χ1n) is 10.2. The van der Waals surface area contributed by atoms with Crippen LogP contribution in [-0.4, -0.2) is 4.98 Å². The van der Waals surface area contributed by atoms with Gasteiger partial charge in [0.25, 0.3) is 0 Å². The van der Waals surface area contributed by atoms with Crippen molar-refractivity contribution in [2.45, 2.75) is 5.33 Å². The van der Waals surface area contributed by atoms with Crippen molar-refractivity contribution in [1.82, 2.24) is 4.98 Å². The van der Waals surface area contributed by atoms with E-state index in [1.165, 1.54) is 21.3 Å². The lowest BCUT2D eigenvalue weighted by Crippen LogP contribution is -2.20. The Morgan fingerprint density at radius 1 is 0.516 bits per heavy atom. The lowest BCUT2D eigenvalue weighted by Gasteiger charge is -2.18.